The highest BCUT2D eigenvalue weighted by molar-refractivity contribution is 9.10. The highest BCUT2D eigenvalue weighted by atomic mass is 79.9. The Hall–Kier alpha value is -1.36. The van der Waals surface area contributed by atoms with Crippen molar-refractivity contribution >= 4 is 27.7 Å². The summed E-state index contributed by atoms with van der Waals surface area (Å²) in [6, 6.07) is 1.60. The third-order valence-corrected chi connectivity index (χ3v) is 3.97. The average Bonchev–Trinajstić information content (AvgIpc) is 2.37. The van der Waals surface area contributed by atoms with Crippen LogP contribution in [0.2, 0.25) is 0 Å². The van der Waals surface area contributed by atoms with Crippen LogP contribution in [0.15, 0.2) is 28.4 Å². The highest BCUT2D eigenvalue weighted by Crippen LogP contribution is 2.32. The van der Waals surface area contributed by atoms with E-state index in [4.69, 9.17) is 0 Å². The molecule has 0 saturated heterocycles. The van der Waals surface area contributed by atoms with Gasteiger partial charge in [-0.1, -0.05) is 32.4 Å². The zero-order chi connectivity index (χ0) is 14.9. The van der Waals surface area contributed by atoms with E-state index in [1.165, 1.54) is 5.57 Å². The Labute approximate surface area is 127 Å². The van der Waals surface area contributed by atoms with Gasteiger partial charge >= 0.3 is 5.97 Å². The Morgan fingerprint density at radius 3 is 2.65 bits per heavy atom. The smallest absolute Gasteiger partial charge is 0.339 e. The quantitative estimate of drug-likeness (QED) is 0.835. The van der Waals surface area contributed by atoms with E-state index in [0.717, 1.165) is 13.0 Å². The first-order valence-corrected chi connectivity index (χ1v) is 7.41. The van der Waals surface area contributed by atoms with Crippen molar-refractivity contribution in [3.8, 4) is 0 Å². The summed E-state index contributed by atoms with van der Waals surface area (Å²) >= 11 is 3.27. The molecule has 0 spiro atoms. The molecule has 1 aromatic rings. The Kier molecular flexibility index (Phi) is 4.18. The molecule has 0 atom stereocenters. The number of rotatable bonds is 2. The van der Waals surface area contributed by atoms with Crippen LogP contribution in [-0.2, 0) is 0 Å². The fourth-order valence-electron chi connectivity index (χ4n) is 2.38. The second kappa shape index (κ2) is 5.56. The van der Waals surface area contributed by atoms with E-state index in [1.54, 1.807) is 12.3 Å². The number of aromatic nitrogens is 1. The summed E-state index contributed by atoms with van der Waals surface area (Å²) < 4.78 is 0.682. The third-order valence-electron chi connectivity index (χ3n) is 3.54. The second-order valence-corrected chi connectivity index (χ2v) is 6.92. The van der Waals surface area contributed by atoms with Crippen LogP contribution in [0.1, 0.15) is 37.6 Å². The SMILES string of the molecule is CC(C)(C)C1=CCN(c2ncc(Br)cc2C(=O)O)CC1. The molecule has 4 nitrogen and oxygen atoms in total. The molecule has 0 fully saturated rings. The molecule has 5 heteroatoms. The van der Waals surface area contributed by atoms with Crippen LogP contribution in [0.3, 0.4) is 0 Å². The summed E-state index contributed by atoms with van der Waals surface area (Å²) in [6.07, 6.45) is 4.78. The van der Waals surface area contributed by atoms with Gasteiger partial charge < -0.3 is 10.0 Å². The van der Waals surface area contributed by atoms with E-state index in [-0.39, 0.29) is 11.0 Å². The van der Waals surface area contributed by atoms with E-state index in [2.05, 4.69) is 47.8 Å². The van der Waals surface area contributed by atoms with Gasteiger partial charge in [-0.15, -0.1) is 0 Å². The number of carboxylic acid groups (broad SMARTS) is 1. The van der Waals surface area contributed by atoms with E-state index in [1.807, 2.05) is 4.90 Å². The van der Waals surface area contributed by atoms with Crippen LogP contribution in [0.4, 0.5) is 5.82 Å². The molecule has 0 amide bonds. The predicted octanol–water partition coefficient (Wildman–Crippen LogP) is 3.72. The van der Waals surface area contributed by atoms with Crippen LogP contribution in [0, 0.1) is 5.41 Å². The van der Waals surface area contributed by atoms with Gasteiger partial charge in [-0.3, -0.25) is 0 Å². The fourth-order valence-corrected chi connectivity index (χ4v) is 2.72. The Morgan fingerprint density at radius 1 is 1.45 bits per heavy atom. The van der Waals surface area contributed by atoms with Crippen LogP contribution >= 0.6 is 15.9 Å². The maximum absolute atomic E-state index is 11.3. The summed E-state index contributed by atoms with van der Waals surface area (Å²) in [6.45, 7) is 8.12. The van der Waals surface area contributed by atoms with E-state index in [0.29, 0.717) is 16.8 Å². The molecule has 0 radical (unpaired) electrons. The maximum atomic E-state index is 11.3. The molecule has 20 heavy (non-hydrogen) atoms. The van der Waals surface area contributed by atoms with Crippen molar-refractivity contribution in [1.82, 2.24) is 4.98 Å². The van der Waals surface area contributed by atoms with Crippen LogP contribution in [0.5, 0.6) is 0 Å². The Morgan fingerprint density at radius 2 is 2.15 bits per heavy atom. The molecule has 1 N–H and O–H groups in total. The number of aromatic carboxylic acids is 1. The zero-order valence-corrected chi connectivity index (χ0v) is 13.6. The number of anilines is 1. The summed E-state index contributed by atoms with van der Waals surface area (Å²) in [7, 11) is 0. The van der Waals surface area contributed by atoms with Gasteiger partial charge in [0.15, 0.2) is 0 Å². The van der Waals surface area contributed by atoms with Crippen molar-refractivity contribution in [3.63, 3.8) is 0 Å². The van der Waals surface area contributed by atoms with Crippen molar-refractivity contribution in [2.75, 3.05) is 18.0 Å². The fraction of sp³-hybridized carbons (Fsp3) is 0.467. The second-order valence-electron chi connectivity index (χ2n) is 6.01. The highest BCUT2D eigenvalue weighted by Gasteiger charge is 2.24. The number of nitrogens with zero attached hydrogens (tertiary/aromatic N) is 2. The monoisotopic (exact) mass is 338 g/mol. The van der Waals surface area contributed by atoms with Crippen LogP contribution in [-0.4, -0.2) is 29.1 Å². The maximum Gasteiger partial charge on any atom is 0.339 e. The molecule has 108 valence electrons. The lowest BCUT2D eigenvalue weighted by Crippen LogP contribution is -2.33. The van der Waals surface area contributed by atoms with Crippen LogP contribution in [0.25, 0.3) is 0 Å². The molecule has 2 rings (SSSR count). The van der Waals surface area contributed by atoms with Crippen molar-refractivity contribution in [3.05, 3.63) is 33.9 Å². The minimum absolute atomic E-state index is 0.175. The lowest BCUT2D eigenvalue weighted by atomic mass is 9.83. The first-order valence-electron chi connectivity index (χ1n) is 6.62. The van der Waals surface area contributed by atoms with Crippen LogP contribution < -0.4 is 4.90 Å². The Balaban J connectivity index is 2.27. The third kappa shape index (κ3) is 3.20. The lowest BCUT2D eigenvalue weighted by Gasteiger charge is -2.33. The van der Waals surface area contributed by atoms with Crippen molar-refractivity contribution in [2.45, 2.75) is 27.2 Å². The number of pyridine rings is 1. The number of carboxylic acids is 1. The van der Waals surface area contributed by atoms with E-state index >= 15 is 0 Å². The Bertz CT molecular complexity index is 561. The standard InChI is InChI=1S/C15H19BrN2O2/c1-15(2,3)10-4-6-18(7-5-10)13-12(14(19)20)8-11(16)9-17-13/h4,8-9H,5-7H2,1-3H3,(H,19,20). The van der Waals surface area contributed by atoms with E-state index < -0.39 is 5.97 Å². The first-order chi connectivity index (χ1) is 9.29. The summed E-state index contributed by atoms with van der Waals surface area (Å²) in [5, 5.41) is 9.30. The lowest BCUT2D eigenvalue weighted by molar-refractivity contribution is 0.0697. The largest absolute Gasteiger partial charge is 0.478 e. The van der Waals surface area contributed by atoms with Crippen molar-refractivity contribution < 1.29 is 9.90 Å². The number of halogens is 1. The van der Waals surface area contributed by atoms with Gasteiger partial charge in [-0.25, -0.2) is 9.78 Å². The normalized spacial score (nSPS) is 16.0. The minimum atomic E-state index is -0.945. The molecule has 0 aromatic carbocycles. The predicted molar refractivity (Wildman–Crippen MR) is 83.3 cm³/mol. The number of carbonyl (C=O) groups is 1. The summed E-state index contributed by atoms with van der Waals surface area (Å²) in [4.78, 5) is 17.6. The molecule has 0 saturated carbocycles. The molecule has 1 aromatic heterocycles. The first kappa shape index (κ1) is 15.0. The summed E-state index contributed by atoms with van der Waals surface area (Å²) in [5.74, 6) is -0.399. The number of hydrogen-bond acceptors (Lipinski definition) is 3. The van der Waals surface area contributed by atoms with Gasteiger partial charge in [0.2, 0.25) is 0 Å². The molecule has 1 aliphatic heterocycles. The minimum Gasteiger partial charge on any atom is -0.478 e. The van der Waals surface area contributed by atoms with Crippen molar-refractivity contribution in [1.29, 1.82) is 0 Å². The number of hydrogen-bond donors (Lipinski definition) is 1. The molecule has 0 bridgehead atoms. The van der Waals surface area contributed by atoms with Gasteiger partial charge in [0.05, 0.1) is 0 Å². The molecule has 0 unspecified atom stereocenters. The topological polar surface area (TPSA) is 53.4 Å². The molecule has 0 aliphatic carbocycles. The molecule has 1 aliphatic rings. The summed E-state index contributed by atoms with van der Waals surface area (Å²) in [5.41, 5.74) is 1.84. The molecular weight excluding hydrogens is 320 g/mol. The van der Waals surface area contributed by atoms with Gasteiger partial charge in [0.25, 0.3) is 0 Å². The van der Waals surface area contributed by atoms with Crippen molar-refractivity contribution in [2.24, 2.45) is 5.41 Å². The zero-order valence-electron chi connectivity index (χ0n) is 12.0. The van der Waals surface area contributed by atoms with Gasteiger partial charge in [-0.05, 0) is 33.8 Å². The molecule has 2 heterocycles. The van der Waals surface area contributed by atoms with Gasteiger partial charge in [0.1, 0.15) is 11.4 Å². The molecular formula is C15H19BrN2O2. The average molecular weight is 339 g/mol. The van der Waals surface area contributed by atoms with E-state index in [9.17, 15) is 9.90 Å². The van der Waals surface area contributed by atoms with Gasteiger partial charge in [-0.2, -0.15) is 0 Å². The van der Waals surface area contributed by atoms with Gasteiger partial charge in [0, 0.05) is 23.8 Å².